The predicted octanol–water partition coefficient (Wildman–Crippen LogP) is 4.47. The predicted molar refractivity (Wildman–Crippen MR) is 142 cm³/mol. The van der Waals surface area contributed by atoms with Crippen LogP contribution in [0.2, 0.25) is 0 Å². The number of carbonyl (C=O) groups is 1. The van der Waals surface area contributed by atoms with E-state index in [4.69, 9.17) is 0 Å². The molecule has 0 unspecified atom stereocenters. The number of carbonyl (C=O) groups excluding carboxylic acids is 1. The Kier molecular flexibility index (Phi) is 12.2. The number of amides is 1. The second-order valence-corrected chi connectivity index (χ2v) is 8.08. The van der Waals surface area contributed by atoms with Crippen LogP contribution in [0.5, 0.6) is 0 Å². The zero-order chi connectivity index (χ0) is 21.9. The highest BCUT2D eigenvalue weighted by Gasteiger charge is 2.08. The first-order chi connectivity index (χ1) is 14.4. The van der Waals surface area contributed by atoms with E-state index in [-0.39, 0.29) is 29.9 Å². The standard InChI is InChI=1S/C25H36N4O.HI/c1-19(2)22-13-11-20(12-14-22)9-7-16-27-25(26-3)28-17-15-21-8-6-10-23(18-21)24(30)29(4)5;/h6,8,10-14,18-19H,7,9,15-17H2,1-5H3,(H2,26,27,28);1H. The number of nitrogens with zero attached hydrogens (tertiary/aromatic N) is 2. The van der Waals surface area contributed by atoms with Gasteiger partial charge in [-0.3, -0.25) is 9.79 Å². The monoisotopic (exact) mass is 536 g/mol. The van der Waals surface area contributed by atoms with Gasteiger partial charge in [0.1, 0.15) is 0 Å². The van der Waals surface area contributed by atoms with E-state index >= 15 is 0 Å². The first kappa shape index (κ1) is 26.9. The molecule has 0 fully saturated rings. The third-order valence-electron chi connectivity index (χ3n) is 5.09. The second-order valence-electron chi connectivity index (χ2n) is 8.08. The van der Waals surface area contributed by atoms with E-state index in [1.54, 1.807) is 26.0 Å². The van der Waals surface area contributed by atoms with Crippen molar-refractivity contribution < 1.29 is 4.79 Å². The van der Waals surface area contributed by atoms with Crippen molar-refractivity contribution >= 4 is 35.8 Å². The Balaban J connectivity index is 0.00000480. The smallest absolute Gasteiger partial charge is 0.253 e. The average molecular weight is 537 g/mol. The van der Waals surface area contributed by atoms with Crippen LogP contribution in [0.1, 0.15) is 53.2 Å². The maximum Gasteiger partial charge on any atom is 0.253 e. The summed E-state index contributed by atoms with van der Waals surface area (Å²) in [6.07, 6.45) is 2.93. The van der Waals surface area contributed by atoms with Crippen LogP contribution in [0.15, 0.2) is 53.5 Å². The topological polar surface area (TPSA) is 56.7 Å². The lowest BCUT2D eigenvalue weighted by Gasteiger charge is -2.13. The van der Waals surface area contributed by atoms with Gasteiger partial charge in [-0.25, -0.2) is 0 Å². The summed E-state index contributed by atoms with van der Waals surface area (Å²) < 4.78 is 0. The highest BCUT2D eigenvalue weighted by Crippen LogP contribution is 2.15. The van der Waals surface area contributed by atoms with E-state index < -0.39 is 0 Å². The van der Waals surface area contributed by atoms with E-state index in [1.165, 1.54) is 11.1 Å². The Morgan fingerprint density at radius 1 is 0.968 bits per heavy atom. The molecule has 5 nitrogen and oxygen atoms in total. The van der Waals surface area contributed by atoms with E-state index in [9.17, 15) is 4.79 Å². The summed E-state index contributed by atoms with van der Waals surface area (Å²) in [5.74, 6) is 1.41. The summed E-state index contributed by atoms with van der Waals surface area (Å²) >= 11 is 0. The molecule has 0 aliphatic rings. The van der Waals surface area contributed by atoms with Gasteiger partial charge < -0.3 is 15.5 Å². The maximum absolute atomic E-state index is 12.1. The summed E-state index contributed by atoms with van der Waals surface area (Å²) in [5, 5.41) is 6.73. The van der Waals surface area contributed by atoms with Gasteiger partial charge in [0.15, 0.2) is 5.96 Å². The molecule has 2 aromatic rings. The molecule has 0 spiro atoms. The molecule has 0 aliphatic carbocycles. The second kappa shape index (κ2) is 14.1. The van der Waals surface area contributed by atoms with E-state index in [0.717, 1.165) is 49.4 Å². The normalized spacial score (nSPS) is 11.1. The van der Waals surface area contributed by atoms with Crippen molar-refractivity contribution in [1.82, 2.24) is 15.5 Å². The molecule has 2 aromatic carbocycles. The van der Waals surface area contributed by atoms with E-state index in [2.05, 4.69) is 59.8 Å². The number of halogens is 1. The van der Waals surface area contributed by atoms with Gasteiger partial charge >= 0.3 is 0 Å². The Bertz CT molecular complexity index is 832. The molecule has 0 saturated carbocycles. The van der Waals surface area contributed by atoms with Crippen LogP contribution in [0.4, 0.5) is 0 Å². The van der Waals surface area contributed by atoms with Gasteiger partial charge in [0.05, 0.1) is 0 Å². The number of nitrogens with one attached hydrogen (secondary N) is 2. The summed E-state index contributed by atoms with van der Waals surface area (Å²) in [4.78, 5) is 18.0. The number of rotatable bonds is 9. The van der Waals surface area contributed by atoms with E-state index in [1.807, 2.05) is 18.2 Å². The number of aliphatic imine (C=N–C) groups is 1. The summed E-state index contributed by atoms with van der Waals surface area (Å²) in [6.45, 7) is 6.07. The Morgan fingerprint density at radius 3 is 2.26 bits per heavy atom. The van der Waals surface area contributed by atoms with Crippen LogP contribution >= 0.6 is 24.0 Å². The number of hydrogen-bond acceptors (Lipinski definition) is 2. The summed E-state index contributed by atoms with van der Waals surface area (Å²) in [5.41, 5.74) is 4.62. The minimum Gasteiger partial charge on any atom is -0.356 e. The van der Waals surface area contributed by atoms with Crippen LogP contribution < -0.4 is 10.6 Å². The molecule has 2 N–H and O–H groups in total. The van der Waals surface area contributed by atoms with Crippen molar-refractivity contribution in [1.29, 1.82) is 0 Å². The maximum atomic E-state index is 12.1. The first-order valence-corrected chi connectivity index (χ1v) is 10.7. The molecular weight excluding hydrogens is 499 g/mol. The number of benzene rings is 2. The van der Waals surface area contributed by atoms with Crippen molar-refractivity contribution in [3.8, 4) is 0 Å². The van der Waals surface area contributed by atoms with E-state index in [0.29, 0.717) is 5.92 Å². The number of guanidine groups is 1. The molecule has 0 aliphatic heterocycles. The van der Waals surface area contributed by atoms with Crippen LogP contribution in [0, 0.1) is 0 Å². The van der Waals surface area contributed by atoms with Crippen LogP contribution in [-0.2, 0) is 12.8 Å². The third-order valence-corrected chi connectivity index (χ3v) is 5.09. The van der Waals surface area contributed by atoms with Gasteiger partial charge in [0, 0.05) is 39.8 Å². The lowest BCUT2D eigenvalue weighted by Crippen LogP contribution is -2.38. The van der Waals surface area contributed by atoms with Gasteiger partial charge in [-0.15, -0.1) is 24.0 Å². The van der Waals surface area contributed by atoms with Crippen LogP contribution in [0.3, 0.4) is 0 Å². The minimum atomic E-state index is 0. The van der Waals surface area contributed by atoms with Gasteiger partial charge in [-0.2, -0.15) is 0 Å². The van der Waals surface area contributed by atoms with Crippen LogP contribution in [0.25, 0.3) is 0 Å². The number of hydrogen-bond donors (Lipinski definition) is 2. The fourth-order valence-corrected chi connectivity index (χ4v) is 3.23. The largest absolute Gasteiger partial charge is 0.356 e. The van der Waals surface area contributed by atoms with Gasteiger partial charge in [-0.05, 0) is 54.0 Å². The molecule has 0 radical (unpaired) electrons. The van der Waals surface area contributed by atoms with Crippen LogP contribution in [-0.4, -0.2) is 51.0 Å². The molecule has 6 heteroatoms. The first-order valence-electron chi connectivity index (χ1n) is 10.7. The molecule has 0 aromatic heterocycles. The zero-order valence-electron chi connectivity index (χ0n) is 19.4. The van der Waals surface area contributed by atoms with Crippen molar-refractivity contribution in [2.24, 2.45) is 4.99 Å². The molecule has 0 heterocycles. The molecule has 0 bridgehead atoms. The minimum absolute atomic E-state index is 0. The average Bonchev–Trinajstić information content (AvgIpc) is 2.75. The molecule has 31 heavy (non-hydrogen) atoms. The Morgan fingerprint density at radius 2 is 1.65 bits per heavy atom. The molecule has 2 rings (SSSR count). The Hall–Kier alpha value is -2.09. The van der Waals surface area contributed by atoms with Crippen molar-refractivity contribution in [3.63, 3.8) is 0 Å². The van der Waals surface area contributed by atoms with Gasteiger partial charge in [0.25, 0.3) is 5.91 Å². The molecule has 1 amide bonds. The highest BCUT2D eigenvalue weighted by atomic mass is 127. The summed E-state index contributed by atoms with van der Waals surface area (Å²) in [7, 11) is 5.33. The van der Waals surface area contributed by atoms with Gasteiger partial charge in [0.2, 0.25) is 0 Å². The number of aryl methyl sites for hydroxylation is 1. The lowest BCUT2D eigenvalue weighted by molar-refractivity contribution is 0.0827. The molecule has 0 atom stereocenters. The van der Waals surface area contributed by atoms with Crippen molar-refractivity contribution in [2.45, 2.75) is 39.0 Å². The van der Waals surface area contributed by atoms with Crippen molar-refractivity contribution in [2.75, 3.05) is 34.2 Å². The fraction of sp³-hybridized carbons (Fsp3) is 0.440. The highest BCUT2D eigenvalue weighted by molar-refractivity contribution is 14.0. The zero-order valence-corrected chi connectivity index (χ0v) is 21.8. The summed E-state index contributed by atoms with van der Waals surface area (Å²) in [6, 6.07) is 16.7. The molecule has 170 valence electrons. The molecule has 0 saturated heterocycles. The molecular formula is C25H37IN4O. The van der Waals surface area contributed by atoms with Crippen molar-refractivity contribution in [3.05, 3.63) is 70.8 Å². The SMILES string of the molecule is CN=C(NCCCc1ccc(C(C)C)cc1)NCCc1cccc(C(=O)N(C)C)c1.I. The van der Waals surface area contributed by atoms with Gasteiger partial charge in [-0.1, -0.05) is 50.2 Å². The lowest BCUT2D eigenvalue weighted by atomic mass is 10.0. The Labute approximate surface area is 204 Å². The fourth-order valence-electron chi connectivity index (χ4n) is 3.23. The third kappa shape index (κ3) is 9.29. The quantitative estimate of drug-likeness (QED) is 0.215.